The van der Waals surface area contributed by atoms with Crippen molar-refractivity contribution in [3.63, 3.8) is 0 Å². The van der Waals surface area contributed by atoms with Crippen molar-refractivity contribution in [1.29, 1.82) is 0 Å². The number of urea groups is 1. The summed E-state index contributed by atoms with van der Waals surface area (Å²) in [4.78, 5) is 36.0. The highest BCUT2D eigenvalue weighted by molar-refractivity contribution is 5.95. The molecule has 3 N–H and O–H groups in total. The molecule has 3 amide bonds. The molecular formula is C14H17N3O4. The first kappa shape index (κ1) is 14.8. The summed E-state index contributed by atoms with van der Waals surface area (Å²) in [7, 11) is 0. The minimum atomic E-state index is -1.04. The van der Waals surface area contributed by atoms with E-state index in [9.17, 15) is 14.4 Å². The van der Waals surface area contributed by atoms with Gasteiger partial charge in [-0.05, 0) is 31.0 Å². The topological polar surface area (TPSA) is 98.7 Å². The molecule has 7 heteroatoms. The Hall–Kier alpha value is -2.57. The van der Waals surface area contributed by atoms with Crippen LogP contribution in [0.2, 0.25) is 0 Å². The number of hydrogen-bond acceptors (Lipinski definition) is 3. The van der Waals surface area contributed by atoms with Gasteiger partial charge in [0.2, 0.25) is 5.91 Å². The zero-order valence-electron chi connectivity index (χ0n) is 11.7. The molecule has 1 aromatic carbocycles. The molecule has 1 heterocycles. The third-order valence-electron chi connectivity index (χ3n) is 3.27. The lowest BCUT2D eigenvalue weighted by molar-refractivity contribution is -0.120. The maximum absolute atomic E-state index is 12.1. The Labute approximate surface area is 121 Å². The summed E-state index contributed by atoms with van der Waals surface area (Å²) in [5, 5.41) is 14.4. The largest absolute Gasteiger partial charge is 0.478 e. The molecule has 1 saturated heterocycles. The Balaban J connectivity index is 2.10. The number of nitrogens with zero attached hydrogens (tertiary/aromatic N) is 1. The van der Waals surface area contributed by atoms with Gasteiger partial charge < -0.3 is 20.6 Å². The maximum atomic E-state index is 12.1. The molecule has 0 aliphatic carbocycles. The van der Waals surface area contributed by atoms with Crippen LogP contribution < -0.4 is 10.6 Å². The number of carbonyl (C=O) groups is 3. The van der Waals surface area contributed by atoms with Gasteiger partial charge in [-0.1, -0.05) is 6.07 Å². The van der Waals surface area contributed by atoms with Gasteiger partial charge in [-0.25, -0.2) is 9.59 Å². The molecule has 1 aliphatic heterocycles. The predicted molar refractivity (Wildman–Crippen MR) is 76.4 cm³/mol. The first-order chi connectivity index (χ1) is 9.97. The fourth-order valence-corrected chi connectivity index (χ4v) is 2.11. The van der Waals surface area contributed by atoms with Crippen LogP contribution in [-0.2, 0) is 4.79 Å². The van der Waals surface area contributed by atoms with Crippen molar-refractivity contribution in [2.45, 2.75) is 13.3 Å². The van der Waals surface area contributed by atoms with E-state index in [4.69, 9.17) is 5.11 Å². The van der Waals surface area contributed by atoms with Crippen LogP contribution in [0, 0.1) is 6.92 Å². The van der Waals surface area contributed by atoms with Gasteiger partial charge in [-0.15, -0.1) is 0 Å². The average molecular weight is 291 g/mol. The fourth-order valence-electron chi connectivity index (χ4n) is 2.11. The zero-order valence-corrected chi connectivity index (χ0v) is 11.7. The molecule has 0 atom stereocenters. The number of hydrogen-bond donors (Lipinski definition) is 3. The van der Waals surface area contributed by atoms with Gasteiger partial charge in [0.25, 0.3) is 0 Å². The van der Waals surface area contributed by atoms with Crippen molar-refractivity contribution in [2.75, 3.05) is 25.0 Å². The van der Waals surface area contributed by atoms with E-state index in [0.717, 1.165) is 0 Å². The SMILES string of the molecule is Cc1ccc(NC(=O)N2CCCNC(=O)C2)cc1C(=O)O. The van der Waals surface area contributed by atoms with E-state index >= 15 is 0 Å². The summed E-state index contributed by atoms with van der Waals surface area (Å²) in [5.41, 5.74) is 1.16. The van der Waals surface area contributed by atoms with E-state index in [0.29, 0.717) is 30.8 Å². The minimum Gasteiger partial charge on any atom is -0.478 e. The minimum absolute atomic E-state index is 0.00345. The molecular weight excluding hydrogens is 274 g/mol. The van der Waals surface area contributed by atoms with Gasteiger partial charge in [0, 0.05) is 18.8 Å². The highest BCUT2D eigenvalue weighted by atomic mass is 16.4. The molecule has 21 heavy (non-hydrogen) atoms. The van der Waals surface area contributed by atoms with Gasteiger partial charge in [-0.2, -0.15) is 0 Å². The van der Waals surface area contributed by atoms with E-state index in [-0.39, 0.29) is 18.0 Å². The van der Waals surface area contributed by atoms with Crippen LogP contribution in [0.3, 0.4) is 0 Å². The van der Waals surface area contributed by atoms with Crippen molar-refractivity contribution in [1.82, 2.24) is 10.2 Å². The number of benzene rings is 1. The maximum Gasteiger partial charge on any atom is 0.336 e. The number of carbonyl (C=O) groups excluding carboxylic acids is 2. The van der Waals surface area contributed by atoms with Gasteiger partial charge >= 0.3 is 12.0 Å². The molecule has 112 valence electrons. The van der Waals surface area contributed by atoms with Crippen LogP contribution >= 0.6 is 0 Å². The molecule has 0 radical (unpaired) electrons. The van der Waals surface area contributed by atoms with Crippen molar-refractivity contribution in [3.8, 4) is 0 Å². The first-order valence-corrected chi connectivity index (χ1v) is 6.64. The molecule has 2 rings (SSSR count). The van der Waals surface area contributed by atoms with E-state index in [1.54, 1.807) is 19.1 Å². The highest BCUT2D eigenvalue weighted by Gasteiger charge is 2.20. The number of anilines is 1. The van der Waals surface area contributed by atoms with E-state index in [2.05, 4.69) is 10.6 Å². The highest BCUT2D eigenvalue weighted by Crippen LogP contribution is 2.16. The van der Waals surface area contributed by atoms with E-state index < -0.39 is 12.0 Å². The van der Waals surface area contributed by atoms with Gasteiger partial charge in [-0.3, -0.25) is 4.79 Å². The Bertz CT molecular complexity index is 586. The quantitative estimate of drug-likeness (QED) is 0.758. The lowest BCUT2D eigenvalue weighted by atomic mass is 10.1. The summed E-state index contributed by atoms with van der Waals surface area (Å²) in [6, 6.07) is 4.27. The molecule has 1 aliphatic rings. The van der Waals surface area contributed by atoms with Gasteiger partial charge in [0.15, 0.2) is 0 Å². The van der Waals surface area contributed by atoms with Crippen molar-refractivity contribution in [3.05, 3.63) is 29.3 Å². The lowest BCUT2D eigenvalue weighted by Crippen LogP contribution is -2.39. The number of rotatable bonds is 2. The Kier molecular flexibility index (Phi) is 4.42. The number of aromatic carboxylic acids is 1. The molecule has 1 aromatic rings. The summed E-state index contributed by atoms with van der Waals surface area (Å²) in [6.45, 7) is 2.72. The standard InChI is InChI=1S/C14H17N3O4/c1-9-3-4-10(7-11(9)13(19)20)16-14(21)17-6-2-5-15-12(18)8-17/h3-4,7H,2,5-6,8H2,1H3,(H,15,18)(H,16,21)(H,19,20). The van der Waals surface area contributed by atoms with Crippen LogP contribution in [0.5, 0.6) is 0 Å². The van der Waals surface area contributed by atoms with Gasteiger partial charge in [0.1, 0.15) is 6.54 Å². The average Bonchev–Trinajstić information content (AvgIpc) is 2.65. The molecule has 0 saturated carbocycles. The summed E-state index contributed by atoms with van der Waals surface area (Å²) >= 11 is 0. The van der Waals surface area contributed by atoms with Crippen LogP contribution in [-0.4, -0.2) is 47.5 Å². The number of carboxylic acids is 1. The summed E-state index contributed by atoms with van der Waals surface area (Å²) in [5.74, 6) is -1.24. The molecule has 1 fully saturated rings. The predicted octanol–water partition coefficient (Wildman–Crippen LogP) is 1.05. The molecule has 0 spiro atoms. The summed E-state index contributed by atoms with van der Waals surface area (Å²) in [6.07, 6.45) is 0.688. The van der Waals surface area contributed by atoms with Crippen molar-refractivity contribution < 1.29 is 19.5 Å². The zero-order chi connectivity index (χ0) is 15.4. The fraction of sp³-hybridized carbons (Fsp3) is 0.357. The normalized spacial score (nSPS) is 15.1. The van der Waals surface area contributed by atoms with E-state index in [1.165, 1.54) is 11.0 Å². The third kappa shape index (κ3) is 3.71. The third-order valence-corrected chi connectivity index (χ3v) is 3.27. The van der Waals surface area contributed by atoms with Crippen LogP contribution in [0.25, 0.3) is 0 Å². The van der Waals surface area contributed by atoms with Crippen LogP contribution in [0.4, 0.5) is 10.5 Å². The van der Waals surface area contributed by atoms with Crippen LogP contribution in [0.1, 0.15) is 22.3 Å². The van der Waals surface area contributed by atoms with Gasteiger partial charge in [0.05, 0.1) is 5.56 Å². The number of aryl methyl sites for hydroxylation is 1. The Morgan fingerprint density at radius 3 is 2.86 bits per heavy atom. The van der Waals surface area contributed by atoms with Crippen molar-refractivity contribution >= 4 is 23.6 Å². The Morgan fingerprint density at radius 2 is 2.14 bits per heavy atom. The number of carboxylic acid groups (broad SMARTS) is 1. The van der Waals surface area contributed by atoms with E-state index in [1.807, 2.05) is 0 Å². The molecule has 7 nitrogen and oxygen atoms in total. The number of nitrogens with one attached hydrogen (secondary N) is 2. The Morgan fingerprint density at radius 1 is 1.38 bits per heavy atom. The second-order valence-corrected chi connectivity index (χ2v) is 4.89. The smallest absolute Gasteiger partial charge is 0.336 e. The monoisotopic (exact) mass is 291 g/mol. The first-order valence-electron chi connectivity index (χ1n) is 6.64. The lowest BCUT2D eigenvalue weighted by Gasteiger charge is -2.19. The number of amides is 3. The summed E-state index contributed by atoms with van der Waals surface area (Å²) < 4.78 is 0. The molecule has 0 aromatic heterocycles. The van der Waals surface area contributed by atoms with Crippen LogP contribution in [0.15, 0.2) is 18.2 Å². The molecule has 0 bridgehead atoms. The molecule has 0 unspecified atom stereocenters. The second-order valence-electron chi connectivity index (χ2n) is 4.89. The second kappa shape index (κ2) is 6.25. The van der Waals surface area contributed by atoms with Crippen molar-refractivity contribution in [2.24, 2.45) is 0 Å².